The number of rotatable bonds is 5. The summed E-state index contributed by atoms with van der Waals surface area (Å²) in [5, 5.41) is 12.2. The predicted octanol–water partition coefficient (Wildman–Crippen LogP) is 3.40. The minimum atomic E-state index is 0.711. The standard InChI is InChI=1S/C13H16BrClN4/c1-3-6-16-8-9-4-5-10(15)7-11(9)12-13(14)17-18-19(12)2/h4-5,7,16H,3,6,8H2,1-2H3. The second-order valence-corrected chi connectivity index (χ2v) is 5.52. The number of halogens is 2. The summed E-state index contributed by atoms with van der Waals surface area (Å²) in [5.41, 5.74) is 3.18. The first-order chi connectivity index (χ1) is 9.13. The van der Waals surface area contributed by atoms with Gasteiger partial charge in [0.15, 0.2) is 4.60 Å². The molecular formula is C13H16BrClN4. The average molecular weight is 344 g/mol. The van der Waals surface area contributed by atoms with E-state index in [1.165, 1.54) is 5.56 Å². The van der Waals surface area contributed by atoms with Gasteiger partial charge in [-0.05, 0) is 46.6 Å². The Bertz CT molecular complexity index is 548. The maximum atomic E-state index is 6.11. The molecule has 0 unspecified atom stereocenters. The highest BCUT2D eigenvalue weighted by Gasteiger charge is 2.14. The fraction of sp³-hybridized carbons (Fsp3) is 0.385. The molecule has 1 aromatic heterocycles. The molecule has 0 spiro atoms. The number of nitrogens with zero attached hydrogens (tertiary/aromatic N) is 3. The van der Waals surface area contributed by atoms with Gasteiger partial charge >= 0.3 is 0 Å². The highest BCUT2D eigenvalue weighted by molar-refractivity contribution is 9.10. The lowest BCUT2D eigenvalue weighted by atomic mass is 10.0. The number of aryl methyl sites for hydroxylation is 1. The zero-order valence-corrected chi connectivity index (χ0v) is 13.3. The van der Waals surface area contributed by atoms with Crippen LogP contribution >= 0.6 is 27.5 Å². The molecule has 19 heavy (non-hydrogen) atoms. The Hall–Kier alpha value is -0.910. The quantitative estimate of drug-likeness (QED) is 0.846. The van der Waals surface area contributed by atoms with Gasteiger partial charge in [-0.25, -0.2) is 4.68 Å². The third-order valence-electron chi connectivity index (χ3n) is 2.85. The van der Waals surface area contributed by atoms with E-state index in [1.54, 1.807) is 4.68 Å². The molecule has 4 nitrogen and oxygen atoms in total. The van der Waals surface area contributed by atoms with Crippen LogP contribution < -0.4 is 5.32 Å². The molecule has 1 heterocycles. The first-order valence-electron chi connectivity index (χ1n) is 6.18. The number of aromatic nitrogens is 3. The lowest BCUT2D eigenvalue weighted by Gasteiger charge is -2.11. The zero-order chi connectivity index (χ0) is 13.8. The first-order valence-corrected chi connectivity index (χ1v) is 7.35. The van der Waals surface area contributed by atoms with Gasteiger partial charge in [-0.1, -0.05) is 29.8 Å². The molecule has 0 aliphatic rings. The molecule has 0 aliphatic heterocycles. The highest BCUT2D eigenvalue weighted by atomic mass is 79.9. The van der Waals surface area contributed by atoms with Crippen molar-refractivity contribution in [3.8, 4) is 11.3 Å². The molecule has 1 aromatic carbocycles. The summed E-state index contributed by atoms with van der Waals surface area (Å²) >= 11 is 9.55. The van der Waals surface area contributed by atoms with Crippen LogP contribution in [0.1, 0.15) is 18.9 Å². The van der Waals surface area contributed by atoms with E-state index in [1.807, 2.05) is 25.2 Å². The Balaban J connectivity index is 2.40. The van der Waals surface area contributed by atoms with Gasteiger partial charge in [-0.3, -0.25) is 0 Å². The molecule has 0 aliphatic carbocycles. The third-order valence-corrected chi connectivity index (χ3v) is 3.62. The maximum Gasteiger partial charge on any atom is 0.156 e. The highest BCUT2D eigenvalue weighted by Crippen LogP contribution is 2.31. The zero-order valence-electron chi connectivity index (χ0n) is 11.0. The van der Waals surface area contributed by atoms with Crippen molar-refractivity contribution in [1.82, 2.24) is 20.3 Å². The summed E-state index contributed by atoms with van der Waals surface area (Å²) in [7, 11) is 1.87. The molecule has 102 valence electrons. The number of hydrogen-bond acceptors (Lipinski definition) is 3. The van der Waals surface area contributed by atoms with E-state index < -0.39 is 0 Å². The SMILES string of the molecule is CCCNCc1ccc(Cl)cc1-c1c(Br)nnn1C. The normalized spacial score (nSPS) is 10.9. The molecule has 0 saturated carbocycles. The van der Waals surface area contributed by atoms with Crippen LogP contribution in [0.3, 0.4) is 0 Å². The van der Waals surface area contributed by atoms with Gasteiger partial charge in [0, 0.05) is 24.2 Å². The third kappa shape index (κ3) is 3.35. The van der Waals surface area contributed by atoms with Crippen molar-refractivity contribution in [2.24, 2.45) is 7.05 Å². The van der Waals surface area contributed by atoms with Crippen LogP contribution in [0.5, 0.6) is 0 Å². The fourth-order valence-corrected chi connectivity index (χ4v) is 2.65. The van der Waals surface area contributed by atoms with Crippen LogP contribution in [-0.2, 0) is 13.6 Å². The monoisotopic (exact) mass is 342 g/mol. The maximum absolute atomic E-state index is 6.11. The van der Waals surface area contributed by atoms with E-state index in [-0.39, 0.29) is 0 Å². The average Bonchev–Trinajstić information content (AvgIpc) is 2.71. The summed E-state index contributed by atoms with van der Waals surface area (Å²) in [6.07, 6.45) is 1.11. The van der Waals surface area contributed by atoms with Crippen LogP contribution in [0, 0.1) is 0 Å². The van der Waals surface area contributed by atoms with Gasteiger partial charge in [0.2, 0.25) is 0 Å². The van der Waals surface area contributed by atoms with Gasteiger partial charge in [-0.2, -0.15) is 0 Å². The number of hydrogen-bond donors (Lipinski definition) is 1. The fourth-order valence-electron chi connectivity index (χ4n) is 1.94. The molecule has 0 bridgehead atoms. The molecule has 1 N–H and O–H groups in total. The first kappa shape index (κ1) is 14.5. The van der Waals surface area contributed by atoms with Crippen molar-refractivity contribution in [3.05, 3.63) is 33.4 Å². The van der Waals surface area contributed by atoms with Crippen molar-refractivity contribution in [2.75, 3.05) is 6.54 Å². The summed E-state index contributed by atoms with van der Waals surface area (Å²) in [5.74, 6) is 0. The Kier molecular flexibility index (Phi) is 4.96. The molecule has 0 radical (unpaired) electrons. The Morgan fingerprint density at radius 2 is 2.21 bits per heavy atom. The molecule has 2 rings (SSSR count). The summed E-state index contributed by atoms with van der Waals surface area (Å²) in [6, 6.07) is 5.90. The van der Waals surface area contributed by atoms with Gasteiger partial charge in [0.1, 0.15) is 5.69 Å². The second kappa shape index (κ2) is 6.50. The van der Waals surface area contributed by atoms with E-state index in [2.05, 4.69) is 38.5 Å². The number of benzene rings is 1. The smallest absolute Gasteiger partial charge is 0.156 e. The van der Waals surface area contributed by atoms with E-state index in [4.69, 9.17) is 11.6 Å². The topological polar surface area (TPSA) is 42.7 Å². The molecule has 2 aromatic rings. The van der Waals surface area contributed by atoms with Crippen LogP contribution in [0.15, 0.2) is 22.8 Å². The molecule has 0 atom stereocenters. The second-order valence-electron chi connectivity index (χ2n) is 4.33. The van der Waals surface area contributed by atoms with E-state index in [0.29, 0.717) is 5.02 Å². The van der Waals surface area contributed by atoms with Crippen molar-refractivity contribution in [2.45, 2.75) is 19.9 Å². The molecule has 0 saturated heterocycles. The van der Waals surface area contributed by atoms with Crippen LogP contribution in [0.25, 0.3) is 11.3 Å². The summed E-state index contributed by atoms with van der Waals surface area (Å²) in [6.45, 7) is 3.95. The van der Waals surface area contributed by atoms with Crippen LogP contribution in [0.4, 0.5) is 0 Å². The van der Waals surface area contributed by atoms with Crippen molar-refractivity contribution in [3.63, 3.8) is 0 Å². The van der Waals surface area contributed by atoms with E-state index >= 15 is 0 Å². The van der Waals surface area contributed by atoms with Crippen LogP contribution in [-0.4, -0.2) is 21.5 Å². The summed E-state index contributed by atoms with van der Waals surface area (Å²) < 4.78 is 2.48. The van der Waals surface area contributed by atoms with Crippen LogP contribution in [0.2, 0.25) is 5.02 Å². The van der Waals surface area contributed by atoms with Crippen molar-refractivity contribution < 1.29 is 0 Å². The summed E-state index contributed by atoms with van der Waals surface area (Å²) in [4.78, 5) is 0. The van der Waals surface area contributed by atoms with Crippen molar-refractivity contribution >= 4 is 27.5 Å². The van der Waals surface area contributed by atoms with E-state index in [9.17, 15) is 0 Å². The predicted molar refractivity (Wildman–Crippen MR) is 81.1 cm³/mol. The van der Waals surface area contributed by atoms with Gasteiger partial charge in [0.05, 0.1) is 0 Å². The lowest BCUT2D eigenvalue weighted by molar-refractivity contribution is 0.674. The lowest BCUT2D eigenvalue weighted by Crippen LogP contribution is -2.14. The van der Waals surface area contributed by atoms with Gasteiger partial charge in [0.25, 0.3) is 0 Å². The molecule has 6 heteroatoms. The van der Waals surface area contributed by atoms with Gasteiger partial charge in [-0.15, -0.1) is 5.10 Å². The van der Waals surface area contributed by atoms with Gasteiger partial charge < -0.3 is 5.32 Å². The van der Waals surface area contributed by atoms with Crippen molar-refractivity contribution in [1.29, 1.82) is 0 Å². The largest absolute Gasteiger partial charge is 0.313 e. The minimum Gasteiger partial charge on any atom is -0.313 e. The molecular weight excluding hydrogens is 328 g/mol. The molecule has 0 fully saturated rings. The Morgan fingerprint density at radius 3 is 2.84 bits per heavy atom. The number of nitrogens with one attached hydrogen (secondary N) is 1. The Morgan fingerprint density at radius 1 is 1.42 bits per heavy atom. The molecule has 0 amide bonds. The minimum absolute atomic E-state index is 0.711. The Labute approximate surface area is 126 Å². The van der Waals surface area contributed by atoms with E-state index in [0.717, 1.165) is 35.4 Å².